The Bertz CT molecular complexity index is 526. The fourth-order valence-electron chi connectivity index (χ4n) is 3.85. The summed E-state index contributed by atoms with van der Waals surface area (Å²) < 4.78 is 0. The van der Waals surface area contributed by atoms with Crippen LogP contribution in [0.3, 0.4) is 0 Å². The minimum absolute atomic E-state index is 0.603. The number of fused-ring (bicyclic) bond motifs is 1. The second kappa shape index (κ2) is 5.38. The van der Waals surface area contributed by atoms with Gasteiger partial charge in [-0.15, -0.1) is 0 Å². The highest BCUT2D eigenvalue weighted by atomic mass is 15.2. The zero-order valence-electron chi connectivity index (χ0n) is 12.0. The maximum absolute atomic E-state index is 8.79. The lowest BCUT2D eigenvalue weighted by Crippen LogP contribution is -2.24. The van der Waals surface area contributed by atoms with Crippen molar-refractivity contribution in [3.8, 4) is 6.07 Å². The van der Waals surface area contributed by atoms with Gasteiger partial charge in [0.15, 0.2) is 0 Å². The van der Waals surface area contributed by atoms with Gasteiger partial charge in [-0.2, -0.15) is 5.26 Å². The first-order valence-corrected chi connectivity index (χ1v) is 7.42. The Morgan fingerprint density at radius 3 is 2.65 bits per heavy atom. The highest BCUT2D eigenvalue weighted by Gasteiger charge is 2.39. The van der Waals surface area contributed by atoms with E-state index in [2.05, 4.69) is 29.5 Å². The van der Waals surface area contributed by atoms with Crippen molar-refractivity contribution < 1.29 is 0 Å². The molecular formula is C17H21N3. The Morgan fingerprint density at radius 1 is 1.40 bits per heavy atom. The molecule has 1 aromatic rings. The minimum Gasteiger partial charge on any atom is -0.298 e. The van der Waals surface area contributed by atoms with Crippen molar-refractivity contribution in [2.24, 2.45) is 17.8 Å². The summed E-state index contributed by atoms with van der Waals surface area (Å²) in [6, 6.07) is 5.81. The first-order valence-electron chi connectivity index (χ1n) is 7.42. The molecule has 0 bridgehead atoms. The number of nitriles is 1. The summed E-state index contributed by atoms with van der Waals surface area (Å²) in [6.07, 6.45) is 4.41. The van der Waals surface area contributed by atoms with Gasteiger partial charge >= 0.3 is 0 Å². The molecule has 2 atom stereocenters. The van der Waals surface area contributed by atoms with Crippen LogP contribution in [0.1, 0.15) is 31.0 Å². The van der Waals surface area contributed by atoms with E-state index in [0.717, 1.165) is 35.6 Å². The van der Waals surface area contributed by atoms with Crippen molar-refractivity contribution in [2.45, 2.75) is 19.8 Å². The maximum Gasteiger partial charge on any atom is 0.101 e. The predicted molar refractivity (Wildman–Crippen MR) is 79.8 cm³/mol. The number of pyridine rings is 1. The molecule has 3 heteroatoms. The van der Waals surface area contributed by atoms with E-state index in [0.29, 0.717) is 5.56 Å². The Kier molecular flexibility index (Phi) is 3.58. The minimum atomic E-state index is 0.603. The van der Waals surface area contributed by atoms with Crippen LogP contribution in [-0.2, 0) is 0 Å². The lowest BCUT2D eigenvalue weighted by atomic mass is 10.0. The SMILES string of the molecule is C=C(CN1CC2CC(C)CC2C1)c1ccc(C#N)cn1. The topological polar surface area (TPSA) is 39.9 Å². The van der Waals surface area contributed by atoms with Gasteiger partial charge < -0.3 is 0 Å². The molecule has 0 N–H and O–H groups in total. The molecule has 2 fully saturated rings. The molecule has 3 rings (SSSR count). The molecule has 0 aromatic carbocycles. The van der Waals surface area contributed by atoms with Crippen LogP contribution in [0, 0.1) is 29.1 Å². The Balaban J connectivity index is 1.59. The Morgan fingerprint density at radius 2 is 2.10 bits per heavy atom. The lowest BCUT2D eigenvalue weighted by molar-refractivity contribution is 0.334. The van der Waals surface area contributed by atoms with Crippen LogP contribution >= 0.6 is 0 Å². The van der Waals surface area contributed by atoms with Crippen LogP contribution in [0.2, 0.25) is 0 Å². The second-order valence-corrected chi connectivity index (χ2v) is 6.44. The summed E-state index contributed by atoms with van der Waals surface area (Å²) in [6.45, 7) is 9.87. The van der Waals surface area contributed by atoms with Crippen LogP contribution in [0.5, 0.6) is 0 Å². The molecule has 1 aliphatic heterocycles. The van der Waals surface area contributed by atoms with Crippen LogP contribution in [0.4, 0.5) is 0 Å². The summed E-state index contributed by atoms with van der Waals surface area (Å²) in [5.74, 6) is 2.70. The number of nitrogens with zero attached hydrogens (tertiary/aromatic N) is 3. The van der Waals surface area contributed by atoms with Crippen molar-refractivity contribution in [3.05, 3.63) is 36.2 Å². The van der Waals surface area contributed by atoms with Gasteiger partial charge in [-0.25, -0.2) is 0 Å². The smallest absolute Gasteiger partial charge is 0.101 e. The van der Waals surface area contributed by atoms with Crippen molar-refractivity contribution in [1.82, 2.24) is 9.88 Å². The van der Waals surface area contributed by atoms with Crippen LogP contribution in [0.15, 0.2) is 24.9 Å². The molecule has 0 radical (unpaired) electrons. The standard InChI is InChI=1S/C17H21N3/c1-12-5-15-10-20(11-16(15)6-12)9-13(2)17-4-3-14(7-18)8-19-17/h3-4,8,12,15-16H,2,5-6,9-11H2,1H3. The molecular weight excluding hydrogens is 246 g/mol. The van der Waals surface area contributed by atoms with Crippen LogP contribution in [-0.4, -0.2) is 29.5 Å². The van der Waals surface area contributed by atoms with Gasteiger partial charge in [0.1, 0.15) is 6.07 Å². The molecule has 1 saturated heterocycles. The van der Waals surface area contributed by atoms with E-state index in [-0.39, 0.29) is 0 Å². The summed E-state index contributed by atoms with van der Waals surface area (Å²) in [5, 5.41) is 8.79. The first-order chi connectivity index (χ1) is 9.65. The highest BCUT2D eigenvalue weighted by molar-refractivity contribution is 5.61. The van der Waals surface area contributed by atoms with Gasteiger partial charge in [0.2, 0.25) is 0 Å². The molecule has 2 heterocycles. The average Bonchev–Trinajstić information content (AvgIpc) is 2.95. The molecule has 104 valence electrons. The molecule has 2 aliphatic rings. The molecule has 3 nitrogen and oxygen atoms in total. The normalized spacial score (nSPS) is 29.1. The molecule has 1 aromatic heterocycles. The second-order valence-electron chi connectivity index (χ2n) is 6.44. The van der Waals surface area contributed by atoms with Gasteiger partial charge in [0, 0.05) is 25.8 Å². The molecule has 0 spiro atoms. The number of hydrogen-bond acceptors (Lipinski definition) is 3. The molecule has 2 unspecified atom stereocenters. The summed E-state index contributed by atoms with van der Waals surface area (Å²) in [4.78, 5) is 6.84. The number of rotatable bonds is 3. The Hall–Kier alpha value is -1.66. The average molecular weight is 267 g/mol. The number of likely N-dealkylation sites (tertiary alicyclic amines) is 1. The third-order valence-corrected chi connectivity index (χ3v) is 4.73. The monoisotopic (exact) mass is 267 g/mol. The zero-order valence-corrected chi connectivity index (χ0v) is 12.0. The summed E-state index contributed by atoms with van der Waals surface area (Å²) in [7, 11) is 0. The maximum atomic E-state index is 8.79. The van der Waals surface area contributed by atoms with Crippen LogP contribution < -0.4 is 0 Å². The zero-order chi connectivity index (χ0) is 14.1. The molecule has 1 aliphatic carbocycles. The van der Waals surface area contributed by atoms with E-state index in [4.69, 9.17) is 5.26 Å². The van der Waals surface area contributed by atoms with E-state index in [9.17, 15) is 0 Å². The van der Waals surface area contributed by atoms with Crippen molar-refractivity contribution >= 4 is 5.57 Å². The van der Waals surface area contributed by atoms with Crippen molar-refractivity contribution in [1.29, 1.82) is 5.26 Å². The third kappa shape index (κ3) is 2.62. The van der Waals surface area contributed by atoms with Gasteiger partial charge in [0.25, 0.3) is 0 Å². The van der Waals surface area contributed by atoms with Gasteiger partial charge in [-0.1, -0.05) is 13.5 Å². The van der Waals surface area contributed by atoms with Gasteiger partial charge in [-0.05, 0) is 48.3 Å². The van der Waals surface area contributed by atoms with Gasteiger partial charge in [-0.3, -0.25) is 9.88 Å². The summed E-state index contributed by atoms with van der Waals surface area (Å²) in [5.41, 5.74) is 2.57. The number of hydrogen-bond donors (Lipinski definition) is 0. The molecule has 1 saturated carbocycles. The van der Waals surface area contributed by atoms with E-state index >= 15 is 0 Å². The quantitative estimate of drug-likeness (QED) is 0.845. The van der Waals surface area contributed by atoms with Crippen molar-refractivity contribution in [3.63, 3.8) is 0 Å². The van der Waals surface area contributed by atoms with E-state index in [1.807, 2.05) is 12.1 Å². The highest BCUT2D eigenvalue weighted by Crippen LogP contribution is 2.41. The van der Waals surface area contributed by atoms with Crippen LogP contribution in [0.25, 0.3) is 5.57 Å². The van der Waals surface area contributed by atoms with E-state index < -0.39 is 0 Å². The van der Waals surface area contributed by atoms with E-state index in [1.54, 1.807) is 6.20 Å². The Labute approximate surface area is 120 Å². The largest absolute Gasteiger partial charge is 0.298 e. The number of aromatic nitrogens is 1. The third-order valence-electron chi connectivity index (χ3n) is 4.73. The molecule has 20 heavy (non-hydrogen) atoms. The first kappa shape index (κ1) is 13.3. The predicted octanol–water partition coefficient (Wildman–Crippen LogP) is 2.94. The lowest BCUT2D eigenvalue weighted by Gasteiger charge is -2.18. The van der Waals surface area contributed by atoms with E-state index in [1.165, 1.54) is 25.9 Å². The summed E-state index contributed by atoms with van der Waals surface area (Å²) >= 11 is 0. The fraction of sp³-hybridized carbons (Fsp3) is 0.529. The molecule has 0 amide bonds. The fourth-order valence-corrected chi connectivity index (χ4v) is 3.85. The van der Waals surface area contributed by atoms with Gasteiger partial charge in [0.05, 0.1) is 11.3 Å². The van der Waals surface area contributed by atoms with Crippen molar-refractivity contribution in [2.75, 3.05) is 19.6 Å².